The lowest BCUT2D eigenvalue weighted by Crippen LogP contribution is -2.33. The Balaban J connectivity index is 1.58. The van der Waals surface area contributed by atoms with Gasteiger partial charge >= 0.3 is 6.03 Å². The number of carbonyl (C=O) groups excluding carboxylic acids is 1. The first-order chi connectivity index (χ1) is 10.3. The maximum atomic E-state index is 11.9. The molecule has 0 bridgehead atoms. The number of hydrogen-bond acceptors (Lipinski definition) is 3. The van der Waals surface area contributed by atoms with Crippen molar-refractivity contribution in [1.29, 1.82) is 0 Å². The van der Waals surface area contributed by atoms with Gasteiger partial charge in [0.2, 0.25) is 0 Å². The fraction of sp³-hybridized carbons (Fsp3) is 0.125. The molecule has 106 valence electrons. The van der Waals surface area contributed by atoms with Crippen LogP contribution in [-0.4, -0.2) is 19.0 Å². The van der Waals surface area contributed by atoms with Crippen molar-refractivity contribution in [2.24, 2.45) is 4.99 Å². The minimum atomic E-state index is -0.259. The molecular weight excluding hydrogens is 266 g/mol. The van der Waals surface area contributed by atoms with E-state index in [0.717, 1.165) is 16.9 Å². The smallest absolute Gasteiger partial charge is 0.319 e. The van der Waals surface area contributed by atoms with Gasteiger partial charge in [-0.1, -0.05) is 36.4 Å². The molecule has 0 fully saturated rings. The Hall–Kier alpha value is -2.82. The van der Waals surface area contributed by atoms with Gasteiger partial charge in [-0.2, -0.15) is 0 Å². The number of carbonyl (C=O) groups is 1. The van der Waals surface area contributed by atoms with Crippen LogP contribution in [-0.2, 0) is 4.74 Å². The Labute approximate surface area is 122 Å². The summed E-state index contributed by atoms with van der Waals surface area (Å²) >= 11 is 0. The molecule has 2 aromatic carbocycles. The number of para-hydroxylation sites is 2. The van der Waals surface area contributed by atoms with Crippen LogP contribution < -0.4 is 10.6 Å². The molecule has 5 nitrogen and oxygen atoms in total. The van der Waals surface area contributed by atoms with Crippen molar-refractivity contribution in [3.8, 4) is 0 Å². The second kappa shape index (κ2) is 6.09. The van der Waals surface area contributed by atoms with Crippen molar-refractivity contribution in [3.05, 3.63) is 60.2 Å². The highest BCUT2D eigenvalue weighted by Gasteiger charge is 2.19. The molecule has 0 aliphatic carbocycles. The van der Waals surface area contributed by atoms with E-state index in [4.69, 9.17) is 4.74 Å². The summed E-state index contributed by atoms with van der Waals surface area (Å²) in [5, 5.41) is 5.57. The van der Waals surface area contributed by atoms with Crippen molar-refractivity contribution >= 4 is 23.8 Å². The molecule has 0 saturated heterocycles. The Morgan fingerprint density at radius 3 is 2.71 bits per heavy atom. The van der Waals surface area contributed by atoms with Crippen LogP contribution in [0.2, 0.25) is 0 Å². The van der Waals surface area contributed by atoms with Crippen LogP contribution in [0.15, 0.2) is 59.6 Å². The summed E-state index contributed by atoms with van der Waals surface area (Å²) in [4.78, 5) is 16.0. The molecule has 2 amide bonds. The van der Waals surface area contributed by atoms with E-state index >= 15 is 0 Å². The quantitative estimate of drug-likeness (QED) is 0.907. The average Bonchev–Trinajstić information content (AvgIpc) is 2.54. The number of rotatable bonds is 3. The van der Waals surface area contributed by atoms with Gasteiger partial charge in [-0.05, 0) is 18.2 Å². The number of ether oxygens (including phenoxy) is 1. The molecule has 5 heteroatoms. The zero-order chi connectivity index (χ0) is 14.5. The van der Waals surface area contributed by atoms with E-state index in [2.05, 4.69) is 15.6 Å². The molecule has 0 aromatic heterocycles. The number of urea groups is 1. The largest absolute Gasteiger partial charge is 0.473 e. The number of nitrogens with zero attached hydrogens (tertiary/aromatic N) is 1. The summed E-state index contributed by atoms with van der Waals surface area (Å²) in [5.41, 5.74) is 2.60. The fourth-order valence-corrected chi connectivity index (χ4v) is 2.15. The second-order valence-corrected chi connectivity index (χ2v) is 4.62. The van der Waals surface area contributed by atoms with Crippen LogP contribution in [0.4, 0.5) is 16.2 Å². The van der Waals surface area contributed by atoms with Gasteiger partial charge in [0.05, 0.1) is 12.2 Å². The molecule has 0 saturated carbocycles. The second-order valence-electron chi connectivity index (χ2n) is 4.62. The van der Waals surface area contributed by atoms with Gasteiger partial charge in [-0.15, -0.1) is 0 Å². The van der Waals surface area contributed by atoms with E-state index in [1.165, 1.54) is 6.40 Å². The SMILES string of the molecule is O=C(NCC1OC=Nc2ccccc21)Nc1ccccc1. The molecule has 21 heavy (non-hydrogen) atoms. The summed E-state index contributed by atoms with van der Waals surface area (Å²) in [6.07, 6.45) is 1.20. The maximum Gasteiger partial charge on any atom is 0.319 e. The highest BCUT2D eigenvalue weighted by molar-refractivity contribution is 5.89. The summed E-state index contributed by atoms with van der Waals surface area (Å²) in [5.74, 6) is 0. The predicted octanol–water partition coefficient (Wildman–Crippen LogP) is 3.24. The summed E-state index contributed by atoms with van der Waals surface area (Å²) in [6.45, 7) is 0.377. The van der Waals surface area contributed by atoms with Gasteiger partial charge in [-0.3, -0.25) is 0 Å². The first-order valence-corrected chi connectivity index (χ1v) is 6.70. The zero-order valence-corrected chi connectivity index (χ0v) is 11.3. The number of anilines is 1. The Morgan fingerprint density at radius 1 is 1.10 bits per heavy atom. The van der Waals surface area contributed by atoms with Gasteiger partial charge < -0.3 is 15.4 Å². The number of benzene rings is 2. The number of fused-ring (bicyclic) bond motifs is 1. The van der Waals surface area contributed by atoms with Crippen molar-refractivity contribution in [2.45, 2.75) is 6.10 Å². The number of amides is 2. The topological polar surface area (TPSA) is 62.7 Å². The zero-order valence-electron chi connectivity index (χ0n) is 11.3. The lowest BCUT2D eigenvalue weighted by Gasteiger charge is -2.22. The Morgan fingerprint density at radius 2 is 1.86 bits per heavy atom. The van der Waals surface area contributed by atoms with E-state index in [1.54, 1.807) is 0 Å². The number of nitrogens with one attached hydrogen (secondary N) is 2. The third kappa shape index (κ3) is 3.20. The van der Waals surface area contributed by atoms with Crippen LogP contribution in [0.5, 0.6) is 0 Å². The summed E-state index contributed by atoms with van der Waals surface area (Å²) in [7, 11) is 0. The van der Waals surface area contributed by atoms with E-state index in [0.29, 0.717) is 6.54 Å². The highest BCUT2D eigenvalue weighted by atomic mass is 16.5. The molecule has 2 N–H and O–H groups in total. The van der Waals surface area contributed by atoms with E-state index in [-0.39, 0.29) is 12.1 Å². The molecule has 2 aromatic rings. The summed E-state index contributed by atoms with van der Waals surface area (Å²) in [6, 6.07) is 16.8. The van der Waals surface area contributed by atoms with Crippen LogP contribution in [0, 0.1) is 0 Å². The molecule has 1 atom stereocenters. The lowest BCUT2D eigenvalue weighted by molar-refractivity contribution is 0.194. The summed E-state index contributed by atoms with van der Waals surface area (Å²) < 4.78 is 5.47. The minimum absolute atomic E-state index is 0.222. The molecule has 1 aliphatic rings. The standard InChI is InChI=1S/C16H15N3O2/c20-16(19-12-6-2-1-3-7-12)17-10-15-13-8-4-5-9-14(13)18-11-21-15/h1-9,11,15H,10H2,(H2,17,19,20). The van der Waals surface area contributed by atoms with Gasteiger partial charge in [0.15, 0.2) is 6.40 Å². The third-order valence-corrected chi connectivity index (χ3v) is 3.18. The van der Waals surface area contributed by atoms with Gasteiger partial charge in [0, 0.05) is 11.3 Å². The monoisotopic (exact) mass is 281 g/mol. The number of aliphatic imine (C=N–C) groups is 1. The Kier molecular flexibility index (Phi) is 3.82. The van der Waals surface area contributed by atoms with Gasteiger partial charge in [0.1, 0.15) is 6.10 Å². The molecule has 1 heterocycles. The van der Waals surface area contributed by atoms with E-state index < -0.39 is 0 Å². The van der Waals surface area contributed by atoms with Crippen LogP contribution in [0.25, 0.3) is 0 Å². The van der Waals surface area contributed by atoms with Crippen molar-refractivity contribution in [3.63, 3.8) is 0 Å². The van der Waals surface area contributed by atoms with Crippen LogP contribution in [0.3, 0.4) is 0 Å². The van der Waals surface area contributed by atoms with Crippen LogP contribution in [0.1, 0.15) is 11.7 Å². The van der Waals surface area contributed by atoms with E-state index in [1.807, 2.05) is 54.6 Å². The van der Waals surface area contributed by atoms with Crippen molar-refractivity contribution in [1.82, 2.24) is 5.32 Å². The minimum Gasteiger partial charge on any atom is -0.473 e. The first kappa shape index (κ1) is 13.2. The normalized spacial score (nSPS) is 15.7. The molecular formula is C16H15N3O2. The van der Waals surface area contributed by atoms with E-state index in [9.17, 15) is 4.79 Å². The molecule has 1 unspecified atom stereocenters. The predicted molar refractivity (Wildman–Crippen MR) is 81.9 cm³/mol. The fourth-order valence-electron chi connectivity index (χ4n) is 2.15. The maximum absolute atomic E-state index is 11.9. The number of hydrogen-bond donors (Lipinski definition) is 2. The molecule has 3 rings (SSSR count). The van der Waals surface area contributed by atoms with Crippen LogP contribution >= 0.6 is 0 Å². The molecule has 0 radical (unpaired) electrons. The van der Waals surface area contributed by atoms with Gasteiger partial charge in [-0.25, -0.2) is 9.79 Å². The Bertz CT molecular complexity index is 656. The lowest BCUT2D eigenvalue weighted by atomic mass is 10.1. The highest BCUT2D eigenvalue weighted by Crippen LogP contribution is 2.30. The van der Waals surface area contributed by atoms with Crippen molar-refractivity contribution in [2.75, 3.05) is 11.9 Å². The van der Waals surface area contributed by atoms with Gasteiger partial charge in [0.25, 0.3) is 0 Å². The average molecular weight is 281 g/mol. The van der Waals surface area contributed by atoms with Crippen molar-refractivity contribution < 1.29 is 9.53 Å². The first-order valence-electron chi connectivity index (χ1n) is 6.70. The third-order valence-electron chi connectivity index (χ3n) is 3.18. The molecule has 1 aliphatic heterocycles. The molecule has 0 spiro atoms.